The highest BCUT2D eigenvalue weighted by molar-refractivity contribution is 7.86. The minimum atomic E-state index is -5.90. The maximum atomic E-state index is 13.2. The summed E-state index contributed by atoms with van der Waals surface area (Å²) >= 11 is 0. The van der Waals surface area contributed by atoms with E-state index in [-0.39, 0.29) is 17.5 Å². The molecule has 0 N–H and O–H groups in total. The van der Waals surface area contributed by atoms with E-state index in [2.05, 4.69) is 27.4 Å². The standard InChI is InChI=1S/C15H18F2O2.C13H14F2O5S.2C5H8O2/c1-10(15(2,16)17)19-14(18)13-8-7-11-5-3-4-6-12(11)9-13;1-8(13(14,15)21(17,18)19)20-12(16)11-6-5-9-3-2-4-10(9)7-11;2*1-4(2)5(6)7-3/h7-10H,3-6H2,1-2H3;5-8H,2-4H2,1H3,(H,17,18,19);2*1H2,2-3H3/p-1. The fourth-order valence-corrected chi connectivity index (χ4v) is 5.19. The Morgan fingerprint density at radius 2 is 1.04 bits per heavy atom. The monoisotopic (exact) mass is 787 g/mol. The molecule has 0 radical (unpaired) electrons. The molecule has 0 amide bonds. The van der Waals surface area contributed by atoms with Crippen LogP contribution in [0.1, 0.15) is 96.9 Å². The summed E-state index contributed by atoms with van der Waals surface area (Å²) in [6.45, 7) is 12.5. The van der Waals surface area contributed by atoms with Crippen LogP contribution >= 0.6 is 0 Å². The molecule has 2 aromatic carbocycles. The first-order chi connectivity index (χ1) is 24.9. The van der Waals surface area contributed by atoms with E-state index < -0.39 is 45.4 Å². The van der Waals surface area contributed by atoms with E-state index in [4.69, 9.17) is 4.74 Å². The Morgan fingerprint density at radius 1 is 0.685 bits per heavy atom. The van der Waals surface area contributed by atoms with E-state index in [0.29, 0.717) is 23.6 Å². The molecule has 11 nitrogen and oxygen atoms in total. The second kappa shape index (κ2) is 20.8. The fourth-order valence-electron chi connectivity index (χ4n) is 4.74. The van der Waals surface area contributed by atoms with Gasteiger partial charge in [0.15, 0.2) is 22.3 Å². The number of halogens is 4. The number of rotatable bonds is 9. The van der Waals surface area contributed by atoms with E-state index in [1.165, 1.54) is 32.8 Å². The van der Waals surface area contributed by atoms with Gasteiger partial charge in [0.1, 0.15) is 0 Å². The molecule has 16 heteroatoms. The number of esters is 4. The third-order valence-electron chi connectivity index (χ3n) is 8.07. The van der Waals surface area contributed by atoms with Crippen molar-refractivity contribution < 1.29 is 68.7 Å². The second-order valence-electron chi connectivity index (χ2n) is 12.6. The minimum absolute atomic E-state index is 0.0570. The molecule has 2 atom stereocenters. The van der Waals surface area contributed by atoms with Crippen LogP contribution in [0.15, 0.2) is 60.7 Å². The van der Waals surface area contributed by atoms with Crippen molar-refractivity contribution in [2.45, 2.75) is 103 Å². The molecule has 0 spiro atoms. The normalized spacial score (nSPS) is 14.2. The van der Waals surface area contributed by atoms with Gasteiger partial charge in [0.25, 0.3) is 5.92 Å². The molecule has 2 aromatic rings. The molecule has 4 rings (SSSR count). The van der Waals surface area contributed by atoms with Crippen LogP contribution in [0.3, 0.4) is 0 Å². The predicted molar refractivity (Wildman–Crippen MR) is 190 cm³/mol. The predicted octanol–water partition coefficient (Wildman–Crippen LogP) is 7.10. The lowest BCUT2D eigenvalue weighted by Gasteiger charge is -2.25. The number of fused-ring (bicyclic) bond motifs is 2. The number of carbonyl (C=O) groups excluding carboxylic acids is 4. The Labute approximate surface area is 313 Å². The Kier molecular flexibility index (Phi) is 18.2. The zero-order chi connectivity index (χ0) is 41.6. The minimum Gasteiger partial charge on any atom is -0.743 e. The second-order valence-corrected chi connectivity index (χ2v) is 14.1. The topological polar surface area (TPSA) is 162 Å². The van der Waals surface area contributed by atoms with Gasteiger partial charge in [-0.05, 0) is 119 Å². The molecule has 0 bridgehead atoms. The molecule has 0 fully saturated rings. The van der Waals surface area contributed by atoms with Gasteiger partial charge in [0, 0.05) is 18.1 Å². The molecule has 300 valence electrons. The number of ether oxygens (including phenoxy) is 4. The largest absolute Gasteiger partial charge is 0.743 e. The summed E-state index contributed by atoms with van der Waals surface area (Å²) in [4.78, 5) is 44.0. The van der Waals surface area contributed by atoms with Gasteiger partial charge < -0.3 is 23.5 Å². The number of methoxy groups -OCH3 is 2. The summed E-state index contributed by atoms with van der Waals surface area (Å²) in [7, 11) is -3.24. The van der Waals surface area contributed by atoms with Gasteiger partial charge in [0.2, 0.25) is 0 Å². The van der Waals surface area contributed by atoms with Crippen molar-refractivity contribution in [2.75, 3.05) is 14.2 Å². The summed E-state index contributed by atoms with van der Waals surface area (Å²) in [6, 6.07) is 10.0. The van der Waals surface area contributed by atoms with Crippen LogP contribution in [0.2, 0.25) is 0 Å². The highest BCUT2D eigenvalue weighted by atomic mass is 32.2. The number of carbonyl (C=O) groups is 4. The Hall–Kier alpha value is -4.57. The average molecular weight is 788 g/mol. The number of alkyl halides is 4. The summed E-state index contributed by atoms with van der Waals surface area (Å²) in [6.07, 6.45) is 3.09. The van der Waals surface area contributed by atoms with Gasteiger partial charge in [-0.1, -0.05) is 25.3 Å². The fraction of sp³-hybridized carbons (Fsp3) is 0.474. The first-order valence-electron chi connectivity index (χ1n) is 16.7. The first-order valence-corrected chi connectivity index (χ1v) is 18.1. The molecule has 2 aliphatic rings. The quantitative estimate of drug-likeness (QED) is 0.0838. The summed E-state index contributed by atoms with van der Waals surface area (Å²) in [5.74, 6) is -5.48. The molecule has 0 aromatic heterocycles. The molecule has 54 heavy (non-hydrogen) atoms. The van der Waals surface area contributed by atoms with Crippen molar-refractivity contribution in [2.24, 2.45) is 0 Å². The van der Waals surface area contributed by atoms with Gasteiger partial charge in [0.05, 0.1) is 25.3 Å². The third kappa shape index (κ3) is 14.7. The summed E-state index contributed by atoms with van der Waals surface area (Å²) < 4.78 is 102. The van der Waals surface area contributed by atoms with E-state index in [1.54, 1.807) is 38.1 Å². The summed E-state index contributed by atoms with van der Waals surface area (Å²) in [5, 5.41) is -4.67. The lowest BCUT2D eigenvalue weighted by atomic mass is 9.90. The Morgan fingerprint density at radius 3 is 1.37 bits per heavy atom. The van der Waals surface area contributed by atoms with Crippen LogP contribution in [-0.2, 0) is 64.3 Å². The number of hydrogen-bond donors (Lipinski definition) is 0. The SMILES string of the molecule is C=C(C)C(=O)OC.C=C(C)C(=O)OC.CC(OC(=O)c1ccc2c(c1)CCC2)C(F)(F)S(=O)(=O)[O-].CC(OC(=O)c1ccc2c(c1)CCCC2)C(C)(F)F. The molecule has 0 heterocycles. The highest BCUT2D eigenvalue weighted by Gasteiger charge is 2.46. The maximum Gasteiger partial charge on any atom is 0.370 e. The molecular formula is C38H47F4O11S-. The molecule has 2 unspecified atom stereocenters. The summed E-state index contributed by atoms with van der Waals surface area (Å²) in [5.41, 5.74) is 5.70. The van der Waals surface area contributed by atoms with Gasteiger partial charge in [-0.2, -0.15) is 8.78 Å². The van der Waals surface area contributed by atoms with Crippen molar-refractivity contribution in [3.05, 3.63) is 94.1 Å². The average Bonchev–Trinajstić information content (AvgIpc) is 3.58. The number of hydrogen-bond acceptors (Lipinski definition) is 11. The molecular weight excluding hydrogens is 740 g/mol. The van der Waals surface area contributed by atoms with Crippen molar-refractivity contribution in [3.8, 4) is 0 Å². The van der Waals surface area contributed by atoms with Gasteiger partial charge in [-0.25, -0.2) is 36.4 Å². The zero-order valence-corrected chi connectivity index (χ0v) is 32.2. The number of benzene rings is 2. The zero-order valence-electron chi connectivity index (χ0n) is 31.4. The molecule has 0 aliphatic heterocycles. The van der Waals surface area contributed by atoms with E-state index in [0.717, 1.165) is 68.6 Å². The van der Waals surface area contributed by atoms with Crippen molar-refractivity contribution in [1.82, 2.24) is 0 Å². The third-order valence-corrected chi connectivity index (χ3v) is 9.07. The first kappa shape index (κ1) is 47.5. The Bertz CT molecular complexity index is 1760. The van der Waals surface area contributed by atoms with Crippen LogP contribution in [0, 0.1) is 0 Å². The molecule has 0 saturated heterocycles. The van der Waals surface area contributed by atoms with Crippen molar-refractivity contribution >= 4 is 34.0 Å². The van der Waals surface area contributed by atoms with Gasteiger partial charge >= 0.3 is 29.1 Å². The van der Waals surface area contributed by atoms with Gasteiger partial charge in [-0.15, -0.1) is 0 Å². The lowest BCUT2D eigenvalue weighted by molar-refractivity contribution is -0.136. The smallest absolute Gasteiger partial charge is 0.370 e. The van der Waals surface area contributed by atoms with E-state index in [1.807, 2.05) is 6.07 Å². The maximum absolute atomic E-state index is 13.2. The number of aryl methyl sites for hydroxylation is 4. The van der Waals surface area contributed by atoms with E-state index >= 15 is 0 Å². The molecule has 0 saturated carbocycles. The van der Waals surface area contributed by atoms with Crippen LogP contribution in [0.4, 0.5) is 17.6 Å². The highest BCUT2D eigenvalue weighted by Crippen LogP contribution is 2.29. The molecule has 2 aliphatic carbocycles. The van der Waals surface area contributed by atoms with Crippen LogP contribution < -0.4 is 0 Å². The van der Waals surface area contributed by atoms with Crippen LogP contribution in [-0.4, -0.2) is 74.5 Å². The van der Waals surface area contributed by atoms with Crippen molar-refractivity contribution in [1.29, 1.82) is 0 Å². The lowest BCUT2D eigenvalue weighted by Crippen LogP contribution is -2.42. The van der Waals surface area contributed by atoms with Crippen molar-refractivity contribution in [3.63, 3.8) is 0 Å². The Balaban J connectivity index is 0.000000403. The van der Waals surface area contributed by atoms with Gasteiger partial charge in [-0.3, -0.25) is 0 Å². The van der Waals surface area contributed by atoms with Crippen LogP contribution in [0.5, 0.6) is 0 Å². The van der Waals surface area contributed by atoms with Crippen LogP contribution in [0.25, 0.3) is 0 Å². The van der Waals surface area contributed by atoms with E-state index in [9.17, 15) is 49.7 Å².